The Morgan fingerprint density at radius 1 is 0.278 bits per heavy atom. The van der Waals surface area contributed by atoms with Gasteiger partial charge in [-0.15, -0.1) is 0 Å². The largest absolute Gasteiger partial charge is 0.472 e. The molecular weight excluding hydrogens is 1270 g/mol. The molecule has 97 heavy (non-hydrogen) atoms. The molecule has 0 rings (SSSR count). The van der Waals surface area contributed by atoms with E-state index in [-0.39, 0.29) is 25.7 Å². The standard InChI is InChI=1S/C78H152O17P2/c1-6-9-12-15-18-21-24-26-28-29-30-31-32-33-35-37-40-43-48-54-59-64-78(83)94-73(67-88-75(80)61-56-51-46-41-39-36-34-27-25-22-19-16-13-10-7-2)69-92-96(84,85)90-65-72(79)66-91-97(86,87)93-70-74(68-89-76(81)62-57-52-49-44-45-50-55-60-71(4)5)95-77(82)63-58-53-47-42-38-23-20-17-14-11-8-3/h71-74,79H,6-70H2,1-5H3,(H,84,85)(H,86,87)/t72-,73-,74-/m1/s1. The molecule has 0 aliphatic carbocycles. The number of ether oxygens (including phenoxy) is 4. The highest BCUT2D eigenvalue weighted by molar-refractivity contribution is 7.47. The number of hydrogen-bond acceptors (Lipinski definition) is 15. The van der Waals surface area contributed by atoms with E-state index in [9.17, 15) is 43.2 Å². The highest BCUT2D eigenvalue weighted by Gasteiger charge is 2.30. The van der Waals surface area contributed by atoms with Gasteiger partial charge in [0.15, 0.2) is 12.2 Å². The molecule has 0 saturated carbocycles. The molecule has 3 N–H and O–H groups in total. The molecule has 0 fully saturated rings. The third kappa shape index (κ3) is 72.2. The van der Waals surface area contributed by atoms with E-state index in [2.05, 4.69) is 34.6 Å². The Bertz CT molecular complexity index is 1860. The molecule has 0 bridgehead atoms. The van der Waals surface area contributed by atoms with E-state index in [1.807, 2.05) is 0 Å². The highest BCUT2D eigenvalue weighted by Crippen LogP contribution is 2.45. The van der Waals surface area contributed by atoms with E-state index in [1.165, 1.54) is 231 Å². The molecule has 576 valence electrons. The van der Waals surface area contributed by atoms with E-state index in [4.69, 9.17) is 37.0 Å². The van der Waals surface area contributed by atoms with Crippen LogP contribution in [-0.2, 0) is 65.4 Å². The third-order valence-corrected chi connectivity index (χ3v) is 20.2. The number of hydrogen-bond donors (Lipinski definition) is 3. The van der Waals surface area contributed by atoms with Crippen molar-refractivity contribution in [2.24, 2.45) is 5.92 Å². The molecule has 0 spiro atoms. The lowest BCUT2D eigenvalue weighted by Gasteiger charge is -2.21. The molecule has 17 nitrogen and oxygen atoms in total. The highest BCUT2D eigenvalue weighted by atomic mass is 31.2. The third-order valence-electron chi connectivity index (χ3n) is 18.3. The first kappa shape index (κ1) is 95.1. The van der Waals surface area contributed by atoms with Gasteiger partial charge in [0.2, 0.25) is 0 Å². The topological polar surface area (TPSA) is 237 Å². The van der Waals surface area contributed by atoms with Crippen LogP contribution in [0.3, 0.4) is 0 Å². The number of carbonyl (C=O) groups is 4. The second-order valence-electron chi connectivity index (χ2n) is 28.6. The maximum Gasteiger partial charge on any atom is 0.472 e. The molecular formula is C78H152O17P2. The van der Waals surface area contributed by atoms with Crippen LogP contribution in [0, 0.1) is 5.92 Å². The SMILES string of the molecule is CCCCCCCCCCCCCCCCCCCCCCCC(=O)O[C@H](COC(=O)CCCCCCCCCCCCCCCCC)COP(=O)(O)OC[C@@H](O)COP(=O)(O)OC[C@@H](COC(=O)CCCCCCCCCC(C)C)OC(=O)CCCCCCCCCCCCC. The number of phosphoric ester groups is 2. The normalized spacial score (nSPS) is 13.9. The van der Waals surface area contributed by atoms with Crippen molar-refractivity contribution < 1.29 is 80.2 Å². The molecule has 0 saturated heterocycles. The van der Waals surface area contributed by atoms with Gasteiger partial charge in [-0.25, -0.2) is 9.13 Å². The molecule has 19 heteroatoms. The van der Waals surface area contributed by atoms with Gasteiger partial charge in [0, 0.05) is 25.7 Å². The Kier molecular flexibility index (Phi) is 69.6. The number of rotatable bonds is 78. The number of esters is 4. The minimum atomic E-state index is -4.96. The van der Waals surface area contributed by atoms with Crippen LogP contribution in [0.15, 0.2) is 0 Å². The van der Waals surface area contributed by atoms with Gasteiger partial charge in [0.25, 0.3) is 0 Å². The van der Waals surface area contributed by atoms with Gasteiger partial charge >= 0.3 is 39.5 Å². The summed E-state index contributed by atoms with van der Waals surface area (Å²) in [5, 5.41) is 10.6. The van der Waals surface area contributed by atoms with Crippen molar-refractivity contribution in [3.63, 3.8) is 0 Å². The molecule has 0 heterocycles. The summed E-state index contributed by atoms with van der Waals surface area (Å²) in [5.74, 6) is -1.41. The summed E-state index contributed by atoms with van der Waals surface area (Å²) in [5.41, 5.74) is 0. The van der Waals surface area contributed by atoms with Crippen LogP contribution in [0.2, 0.25) is 0 Å². The lowest BCUT2D eigenvalue weighted by atomic mass is 10.0. The van der Waals surface area contributed by atoms with Gasteiger partial charge in [0.05, 0.1) is 26.4 Å². The molecule has 0 aliphatic heterocycles. The summed E-state index contributed by atoms with van der Waals surface area (Å²) in [7, 11) is -9.91. The van der Waals surface area contributed by atoms with Crippen LogP contribution in [0.25, 0.3) is 0 Å². The van der Waals surface area contributed by atoms with Crippen molar-refractivity contribution in [3.8, 4) is 0 Å². The molecule has 0 aliphatic rings. The first-order valence-electron chi connectivity index (χ1n) is 40.6. The molecule has 5 atom stereocenters. The predicted octanol–water partition coefficient (Wildman–Crippen LogP) is 23.3. The smallest absolute Gasteiger partial charge is 0.462 e. The maximum atomic E-state index is 13.1. The Balaban J connectivity index is 5.20. The van der Waals surface area contributed by atoms with Crippen LogP contribution in [0.5, 0.6) is 0 Å². The van der Waals surface area contributed by atoms with Gasteiger partial charge in [-0.2, -0.15) is 0 Å². The van der Waals surface area contributed by atoms with Gasteiger partial charge in [0.1, 0.15) is 19.3 Å². The molecule has 0 aromatic heterocycles. The Morgan fingerprint density at radius 2 is 0.474 bits per heavy atom. The number of aliphatic hydroxyl groups is 1. The van der Waals surface area contributed by atoms with Gasteiger partial charge in [-0.3, -0.25) is 37.3 Å². The molecule has 0 amide bonds. The molecule has 2 unspecified atom stereocenters. The van der Waals surface area contributed by atoms with Crippen LogP contribution in [0.1, 0.15) is 413 Å². The van der Waals surface area contributed by atoms with Crippen molar-refractivity contribution in [2.75, 3.05) is 39.6 Å². The number of carbonyl (C=O) groups excluding carboxylic acids is 4. The van der Waals surface area contributed by atoms with E-state index in [0.717, 1.165) is 96.3 Å². The Morgan fingerprint density at radius 3 is 0.701 bits per heavy atom. The second-order valence-corrected chi connectivity index (χ2v) is 31.5. The minimum absolute atomic E-state index is 0.107. The van der Waals surface area contributed by atoms with Crippen LogP contribution >= 0.6 is 15.6 Å². The summed E-state index contributed by atoms with van der Waals surface area (Å²) < 4.78 is 68.5. The zero-order valence-corrected chi connectivity index (χ0v) is 65.0. The van der Waals surface area contributed by atoms with E-state index in [0.29, 0.717) is 31.6 Å². The Hall–Kier alpha value is -1.94. The lowest BCUT2D eigenvalue weighted by molar-refractivity contribution is -0.161. The predicted molar refractivity (Wildman–Crippen MR) is 395 cm³/mol. The van der Waals surface area contributed by atoms with Crippen molar-refractivity contribution >= 4 is 39.5 Å². The monoisotopic (exact) mass is 1420 g/mol. The van der Waals surface area contributed by atoms with E-state index < -0.39 is 97.5 Å². The molecule has 0 aromatic carbocycles. The maximum absolute atomic E-state index is 13.1. The van der Waals surface area contributed by atoms with Crippen molar-refractivity contribution in [1.29, 1.82) is 0 Å². The summed E-state index contributed by atoms with van der Waals surface area (Å²) in [6.45, 7) is 7.24. The first-order valence-corrected chi connectivity index (χ1v) is 43.6. The number of phosphoric acid groups is 2. The number of aliphatic hydroxyl groups excluding tert-OH is 1. The first-order chi connectivity index (χ1) is 47.0. The quantitative estimate of drug-likeness (QED) is 0.0222. The summed E-state index contributed by atoms with van der Waals surface area (Å²) in [6, 6.07) is 0. The zero-order chi connectivity index (χ0) is 71.2. The summed E-state index contributed by atoms with van der Waals surface area (Å²) in [6.07, 6.45) is 61.2. The van der Waals surface area contributed by atoms with Crippen molar-refractivity contribution in [1.82, 2.24) is 0 Å². The molecule has 0 radical (unpaired) electrons. The van der Waals surface area contributed by atoms with Gasteiger partial charge < -0.3 is 33.8 Å². The van der Waals surface area contributed by atoms with E-state index >= 15 is 0 Å². The average molecular weight is 1420 g/mol. The zero-order valence-electron chi connectivity index (χ0n) is 63.2. The number of unbranched alkanes of at least 4 members (excludes halogenated alkanes) is 50. The van der Waals surface area contributed by atoms with Gasteiger partial charge in [-0.1, -0.05) is 362 Å². The van der Waals surface area contributed by atoms with Crippen molar-refractivity contribution in [2.45, 2.75) is 432 Å². The fourth-order valence-electron chi connectivity index (χ4n) is 12.1. The van der Waals surface area contributed by atoms with Crippen LogP contribution in [0.4, 0.5) is 0 Å². The minimum Gasteiger partial charge on any atom is -0.462 e. The van der Waals surface area contributed by atoms with Gasteiger partial charge in [-0.05, 0) is 31.6 Å². The molecule has 0 aromatic rings. The Labute approximate surface area is 594 Å². The second kappa shape index (κ2) is 71.1. The fraction of sp³-hybridized carbons (Fsp3) is 0.949. The van der Waals surface area contributed by atoms with Crippen molar-refractivity contribution in [3.05, 3.63) is 0 Å². The van der Waals surface area contributed by atoms with E-state index in [1.54, 1.807) is 0 Å². The summed E-state index contributed by atoms with van der Waals surface area (Å²) in [4.78, 5) is 72.8. The van der Waals surface area contributed by atoms with Crippen LogP contribution < -0.4 is 0 Å². The average Bonchev–Trinajstić information content (AvgIpc) is 1.11. The fourth-order valence-corrected chi connectivity index (χ4v) is 13.6. The van der Waals surface area contributed by atoms with Crippen LogP contribution in [-0.4, -0.2) is 96.7 Å². The lowest BCUT2D eigenvalue weighted by Crippen LogP contribution is -2.30. The summed E-state index contributed by atoms with van der Waals surface area (Å²) >= 11 is 0.